The van der Waals surface area contributed by atoms with Gasteiger partial charge < -0.3 is 15.9 Å². The first kappa shape index (κ1) is 20.7. The molecule has 29 heavy (non-hydrogen) atoms. The normalized spacial score (nSPS) is 12.0. The van der Waals surface area contributed by atoms with Crippen molar-refractivity contribution in [3.8, 4) is 17.1 Å². The van der Waals surface area contributed by atoms with Crippen molar-refractivity contribution < 1.29 is 9.53 Å². The van der Waals surface area contributed by atoms with Gasteiger partial charge in [-0.25, -0.2) is 4.68 Å². The molecule has 0 aliphatic carbocycles. The second-order valence-electron chi connectivity index (χ2n) is 6.87. The van der Waals surface area contributed by atoms with E-state index in [2.05, 4.69) is 29.4 Å². The maximum atomic E-state index is 12.5. The van der Waals surface area contributed by atoms with Crippen molar-refractivity contribution in [3.05, 3.63) is 60.2 Å². The number of nitrogens with two attached hydrogens (primary N) is 1. The molecule has 1 amide bonds. The molecule has 1 heterocycles. The Bertz CT molecular complexity index is 959. The predicted octanol–water partition coefficient (Wildman–Crippen LogP) is 3.27. The Kier molecular flexibility index (Phi) is 6.77. The second-order valence-corrected chi connectivity index (χ2v) is 7.81. The number of nitrogen functional groups attached to an aromatic ring is 1. The highest BCUT2D eigenvalue weighted by Gasteiger charge is 2.20. The highest BCUT2D eigenvalue weighted by atomic mass is 32.2. The number of nitrogens with zero attached hydrogens (tertiary/aromatic N) is 3. The summed E-state index contributed by atoms with van der Waals surface area (Å²) in [6.45, 7) is 4.17. The zero-order chi connectivity index (χ0) is 20.8. The molecule has 1 aromatic heterocycles. The topological polar surface area (TPSA) is 95.1 Å². The summed E-state index contributed by atoms with van der Waals surface area (Å²) in [7, 11) is 1.59. The maximum absolute atomic E-state index is 12.5. The number of hydrogen-bond acceptors (Lipinski definition) is 6. The molecule has 7 nitrogen and oxygen atoms in total. The summed E-state index contributed by atoms with van der Waals surface area (Å²) in [4.78, 5) is 12.5. The summed E-state index contributed by atoms with van der Waals surface area (Å²) >= 11 is 1.24. The second kappa shape index (κ2) is 9.47. The quantitative estimate of drug-likeness (QED) is 0.436. The molecule has 0 bridgehead atoms. The zero-order valence-electron chi connectivity index (χ0n) is 16.7. The summed E-state index contributed by atoms with van der Waals surface area (Å²) in [5, 5.41) is 11.9. The molecule has 3 rings (SSSR count). The number of para-hydroxylation sites is 1. The summed E-state index contributed by atoms with van der Waals surface area (Å²) in [6.07, 6.45) is 0. The van der Waals surface area contributed by atoms with Crippen molar-refractivity contribution in [3.63, 3.8) is 0 Å². The summed E-state index contributed by atoms with van der Waals surface area (Å²) in [5.41, 5.74) is 1.83. The van der Waals surface area contributed by atoms with E-state index < -0.39 is 0 Å². The molecule has 0 aliphatic heterocycles. The van der Waals surface area contributed by atoms with E-state index in [1.165, 1.54) is 16.4 Å². The molecule has 3 N–H and O–H groups in total. The molecule has 0 saturated carbocycles. The largest absolute Gasteiger partial charge is 0.496 e. The lowest BCUT2D eigenvalue weighted by Crippen LogP contribution is -2.33. The summed E-state index contributed by atoms with van der Waals surface area (Å²) in [6, 6.07) is 17.3. The number of methoxy groups -OCH3 is 1. The third-order valence-electron chi connectivity index (χ3n) is 4.49. The van der Waals surface area contributed by atoms with E-state index in [4.69, 9.17) is 10.6 Å². The highest BCUT2D eigenvalue weighted by Crippen LogP contribution is 2.29. The number of hydrogen-bond donors (Lipinski definition) is 2. The molecule has 1 atom stereocenters. The highest BCUT2D eigenvalue weighted by molar-refractivity contribution is 7.99. The first-order chi connectivity index (χ1) is 14.0. The van der Waals surface area contributed by atoms with Gasteiger partial charge in [0.2, 0.25) is 11.1 Å². The van der Waals surface area contributed by atoms with Crippen LogP contribution in [0.4, 0.5) is 0 Å². The first-order valence-corrected chi connectivity index (χ1v) is 10.3. The molecule has 3 aromatic rings. The number of benzene rings is 2. The number of rotatable bonds is 8. The van der Waals surface area contributed by atoms with Gasteiger partial charge in [-0.1, -0.05) is 68.1 Å². The van der Waals surface area contributed by atoms with Crippen LogP contribution in [-0.4, -0.2) is 33.6 Å². The number of aromatic nitrogens is 3. The lowest BCUT2D eigenvalue weighted by Gasteiger charge is -2.22. The van der Waals surface area contributed by atoms with E-state index in [1.54, 1.807) is 7.11 Å². The van der Waals surface area contributed by atoms with Crippen LogP contribution in [0.1, 0.15) is 25.5 Å². The van der Waals surface area contributed by atoms with E-state index in [0.717, 1.165) is 11.1 Å². The fraction of sp³-hybridized carbons (Fsp3) is 0.286. The smallest absolute Gasteiger partial charge is 0.230 e. The SMILES string of the molecule is COc1ccccc1-c1nnc(SCC(=O)NC(c2ccccc2)C(C)C)n1N. The molecule has 2 aromatic carbocycles. The van der Waals surface area contributed by atoms with E-state index in [-0.39, 0.29) is 23.6 Å². The fourth-order valence-electron chi connectivity index (χ4n) is 3.03. The molecule has 0 fully saturated rings. The molecule has 152 valence electrons. The van der Waals surface area contributed by atoms with Crippen LogP contribution in [0.3, 0.4) is 0 Å². The molecule has 0 saturated heterocycles. The van der Waals surface area contributed by atoms with Crippen LogP contribution in [0.25, 0.3) is 11.4 Å². The van der Waals surface area contributed by atoms with E-state index in [9.17, 15) is 4.79 Å². The van der Waals surface area contributed by atoms with Crippen LogP contribution >= 0.6 is 11.8 Å². The number of carbonyl (C=O) groups is 1. The average molecular weight is 412 g/mol. The molecule has 0 spiro atoms. The van der Waals surface area contributed by atoms with Crippen LogP contribution in [-0.2, 0) is 4.79 Å². The molecule has 0 aliphatic rings. The Hall–Kier alpha value is -3.00. The number of thioether (sulfide) groups is 1. The molecular weight excluding hydrogens is 386 g/mol. The van der Waals surface area contributed by atoms with Gasteiger partial charge in [0.1, 0.15) is 5.75 Å². The van der Waals surface area contributed by atoms with Gasteiger partial charge in [-0.2, -0.15) is 0 Å². The van der Waals surface area contributed by atoms with Crippen molar-refractivity contribution in [2.24, 2.45) is 5.92 Å². The summed E-state index contributed by atoms with van der Waals surface area (Å²) in [5.74, 6) is 7.68. The van der Waals surface area contributed by atoms with Crippen LogP contribution in [0.5, 0.6) is 5.75 Å². The minimum atomic E-state index is -0.0839. The third kappa shape index (κ3) is 4.89. The standard InChI is InChI=1S/C21H25N5O2S/c1-14(2)19(15-9-5-4-6-10-15)23-18(27)13-29-21-25-24-20(26(21)22)16-11-7-8-12-17(16)28-3/h4-12,14,19H,13,22H2,1-3H3,(H,23,27). The fourth-order valence-corrected chi connectivity index (χ4v) is 3.70. The van der Waals surface area contributed by atoms with Gasteiger partial charge in [0.25, 0.3) is 0 Å². The van der Waals surface area contributed by atoms with Crippen molar-refractivity contribution in [2.75, 3.05) is 18.7 Å². The van der Waals surface area contributed by atoms with Gasteiger partial charge in [0.05, 0.1) is 24.5 Å². The Labute approximate surface area is 174 Å². The van der Waals surface area contributed by atoms with E-state index in [0.29, 0.717) is 16.7 Å². The van der Waals surface area contributed by atoms with Crippen LogP contribution < -0.4 is 15.9 Å². The number of carbonyl (C=O) groups excluding carboxylic acids is 1. The number of amides is 1. The third-order valence-corrected chi connectivity index (χ3v) is 5.43. The van der Waals surface area contributed by atoms with Crippen LogP contribution in [0.15, 0.2) is 59.8 Å². The van der Waals surface area contributed by atoms with Gasteiger partial charge >= 0.3 is 0 Å². The Morgan fingerprint density at radius 3 is 2.52 bits per heavy atom. The zero-order valence-corrected chi connectivity index (χ0v) is 17.5. The van der Waals surface area contributed by atoms with Gasteiger partial charge in [-0.3, -0.25) is 4.79 Å². The van der Waals surface area contributed by atoms with Gasteiger partial charge in [0.15, 0.2) is 5.82 Å². The monoisotopic (exact) mass is 411 g/mol. The first-order valence-electron chi connectivity index (χ1n) is 9.32. The van der Waals surface area contributed by atoms with Crippen molar-refractivity contribution in [1.82, 2.24) is 20.2 Å². The molecule has 1 unspecified atom stereocenters. The van der Waals surface area contributed by atoms with Crippen LogP contribution in [0.2, 0.25) is 0 Å². The minimum absolute atomic E-state index is 0.0517. The lowest BCUT2D eigenvalue weighted by atomic mass is 9.96. The summed E-state index contributed by atoms with van der Waals surface area (Å²) < 4.78 is 6.74. The molecule has 0 radical (unpaired) electrons. The molecule has 8 heteroatoms. The average Bonchev–Trinajstić information content (AvgIpc) is 3.11. The van der Waals surface area contributed by atoms with Gasteiger partial charge in [-0.15, -0.1) is 10.2 Å². The Morgan fingerprint density at radius 1 is 1.14 bits per heavy atom. The van der Waals surface area contributed by atoms with Gasteiger partial charge in [0, 0.05) is 0 Å². The number of ether oxygens (including phenoxy) is 1. The van der Waals surface area contributed by atoms with Crippen molar-refractivity contribution in [1.29, 1.82) is 0 Å². The maximum Gasteiger partial charge on any atom is 0.230 e. The van der Waals surface area contributed by atoms with E-state index in [1.807, 2.05) is 54.6 Å². The lowest BCUT2D eigenvalue weighted by molar-refractivity contribution is -0.119. The Balaban J connectivity index is 1.67. The molecular formula is C21H25N5O2S. The van der Waals surface area contributed by atoms with Crippen molar-refractivity contribution >= 4 is 17.7 Å². The van der Waals surface area contributed by atoms with Crippen LogP contribution in [0, 0.1) is 5.92 Å². The van der Waals surface area contributed by atoms with Crippen molar-refractivity contribution in [2.45, 2.75) is 25.0 Å². The minimum Gasteiger partial charge on any atom is -0.496 e. The van der Waals surface area contributed by atoms with Gasteiger partial charge in [-0.05, 0) is 23.6 Å². The Morgan fingerprint density at radius 2 is 1.83 bits per heavy atom. The number of nitrogens with one attached hydrogen (secondary N) is 1. The predicted molar refractivity (Wildman–Crippen MR) is 115 cm³/mol. The van der Waals surface area contributed by atoms with E-state index >= 15 is 0 Å².